The van der Waals surface area contributed by atoms with Crippen molar-refractivity contribution in [1.82, 2.24) is 5.32 Å². The van der Waals surface area contributed by atoms with Gasteiger partial charge in [0.05, 0.1) is 125 Å². The molecule has 0 saturated heterocycles. The first-order valence-corrected chi connectivity index (χ1v) is 16.3. The molecule has 0 unspecified atom stereocenters. The molecule has 296 valence electrons. The second-order valence-corrected chi connectivity index (χ2v) is 11.1. The Balaban J connectivity index is 1.76. The molecule has 1 aromatic carbocycles. The average molecular weight is 752 g/mol. The standard InChI is InChI=1S/C32H50F5NO13/c1-32(2,3)51-31(40)38-5-7-42-9-11-44-13-15-46-17-19-48-21-23-49-22-20-47-18-16-45-14-12-43-10-8-41-6-4-24(39)50-30-28(36)26(34)25(33)27(35)29(30)37/h4-23H2,1-3H3,(H,38,40). The Morgan fingerprint density at radius 2 is 0.765 bits per heavy atom. The van der Waals surface area contributed by atoms with Gasteiger partial charge in [0, 0.05) is 6.54 Å². The highest BCUT2D eigenvalue weighted by atomic mass is 19.2. The maximum atomic E-state index is 13.5. The van der Waals surface area contributed by atoms with Gasteiger partial charge >= 0.3 is 12.1 Å². The van der Waals surface area contributed by atoms with Gasteiger partial charge in [0.2, 0.25) is 34.8 Å². The van der Waals surface area contributed by atoms with Gasteiger partial charge in [-0.2, -0.15) is 8.78 Å². The quantitative estimate of drug-likeness (QED) is 0.0296. The lowest BCUT2D eigenvalue weighted by atomic mass is 10.2. The van der Waals surface area contributed by atoms with Gasteiger partial charge in [-0.15, -0.1) is 0 Å². The molecule has 0 radical (unpaired) electrons. The molecule has 0 fully saturated rings. The highest BCUT2D eigenvalue weighted by Gasteiger charge is 2.28. The van der Waals surface area contributed by atoms with Crippen LogP contribution >= 0.6 is 0 Å². The van der Waals surface area contributed by atoms with Gasteiger partial charge in [-0.05, 0) is 20.8 Å². The first-order valence-electron chi connectivity index (χ1n) is 16.3. The van der Waals surface area contributed by atoms with Crippen LogP contribution in [0.5, 0.6) is 5.75 Å². The molecule has 0 aromatic heterocycles. The Hall–Kier alpha value is -2.75. The van der Waals surface area contributed by atoms with E-state index in [2.05, 4.69) is 10.1 Å². The van der Waals surface area contributed by atoms with Crippen LogP contribution in [0.25, 0.3) is 0 Å². The third-order valence-corrected chi connectivity index (χ3v) is 5.73. The van der Waals surface area contributed by atoms with Gasteiger partial charge in [0.15, 0.2) is 0 Å². The van der Waals surface area contributed by atoms with Crippen molar-refractivity contribution in [3.63, 3.8) is 0 Å². The van der Waals surface area contributed by atoms with Crippen molar-refractivity contribution in [2.45, 2.75) is 32.8 Å². The number of benzene rings is 1. The van der Waals surface area contributed by atoms with Crippen molar-refractivity contribution >= 4 is 12.1 Å². The minimum Gasteiger partial charge on any atom is -0.444 e. The van der Waals surface area contributed by atoms with E-state index in [1.807, 2.05) is 0 Å². The number of nitrogens with one attached hydrogen (secondary N) is 1. The number of carbonyl (C=O) groups is 2. The Bertz CT molecular complexity index is 1070. The van der Waals surface area contributed by atoms with Crippen LogP contribution in [0.2, 0.25) is 0 Å². The number of esters is 1. The SMILES string of the molecule is CC(C)(C)OC(=O)NCCOCCOCCOCCOCCOCCOCCOCCOCCOCCC(=O)Oc1c(F)c(F)c(F)c(F)c1F. The fourth-order valence-electron chi connectivity index (χ4n) is 3.40. The smallest absolute Gasteiger partial charge is 0.407 e. The average Bonchev–Trinajstić information content (AvgIpc) is 3.08. The molecule has 19 heteroatoms. The number of rotatable bonds is 31. The van der Waals surface area contributed by atoms with Gasteiger partial charge in [0.1, 0.15) is 5.60 Å². The highest BCUT2D eigenvalue weighted by molar-refractivity contribution is 5.72. The van der Waals surface area contributed by atoms with Crippen molar-refractivity contribution in [2.75, 3.05) is 125 Å². The fraction of sp³-hybridized carbons (Fsp3) is 0.750. The van der Waals surface area contributed by atoms with E-state index in [4.69, 9.17) is 47.4 Å². The predicted molar refractivity (Wildman–Crippen MR) is 168 cm³/mol. The van der Waals surface area contributed by atoms with Crippen LogP contribution in [-0.4, -0.2) is 143 Å². The van der Waals surface area contributed by atoms with E-state index in [1.165, 1.54) is 0 Å². The van der Waals surface area contributed by atoms with Crippen LogP contribution < -0.4 is 10.1 Å². The normalized spacial score (nSPS) is 11.6. The van der Waals surface area contributed by atoms with E-state index in [0.717, 1.165) is 0 Å². The summed E-state index contributed by atoms with van der Waals surface area (Å²) in [5.74, 6) is -14.2. The van der Waals surface area contributed by atoms with Gasteiger partial charge in [0.25, 0.3) is 0 Å². The monoisotopic (exact) mass is 751 g/mol. The molecule has 1 N–H and O–H groups in total. The molecule has 0 saturated carbocycles. The highest BCUT2D eigenvalue weighted by Crippen LogP contribution is 2.29. The van der Waals surface area contributed by atoms with Crippen LogP contribution in [0.1, 0.15) is 27.2 Å². The molecule has 0 bridgehead atoms. The van der Waals surface area contributed by atoms with E-state index in [0.29, 0.717) is 99.0 Å². The third kappa shape index (κ3) is 24.2. The van der Waals surface area contributed by atoms with Crippen molar-refractivity contribution in [2.24, 2.45) is 0 Å². The summed E-state index contributed by atoms with van der Waals surface area (Å²) in [6, 6.07) is 0. The minimum atomic E-state index is -2.35. The van der Waals surface area contributed by atoms with E-state index in [9.17, 15) is 31.5 Å². The van der Waals surface area contributed by atoms with E-state index in [-0.39, 0.29) is 26.4 Å². The topological polar surface area (TPSA) is 148 Å². The lowest BCUT2D eigenvalue weighted by molar-refractivity contribution is -0.136. The zero-order valence-electron chi connectivity index (χ0n) is 29.3. The zero-order valence-corrected chi connectivity index (χ0v) is 29.3. The van der Waals surface area contributed by atoms with Crippen LogP contribution in [0.15, 0.2) is 0 Å². The van der Waals surface area contributed by atoms with Crippen molar-refractivity contribution < 1.29 is 83.6 Å². The number of hydrogen-bond donors (Lipinski definition) is 1. The lowest BCUT2D eigenvalue weighted by Gasteiger charge is -2.19. The van der Waals surface area contributed by atoms with Crippen molar-refractivity contribution in [3.05, 3.63) is 29.1 Å². The van der Waals surface area contributed by atoms with Gasteiger partial charge in [-0.3, -0.25) is 4.79 Å². The molecule has 1 amide bonds. The van der Waals surface area contributed by atoms with Gasteiger partial charge < -0.3 is 57.4 Å². The first-order chi connectivity index (χ1) is 24.4. The molecule has 1 aromatic rings. The van der Waals surface area contributed by atoms with Gasteiger partial charge in [-0.25, -0.2) is 18.0 Å². The summed E-state index contributed by atoms with van der Waals surface area (Å²) in [6.45, 7) is 11.6. The maximum Gasteiger partial charge on any atom is 0.407 e. The molecule has 0 aliphatic carbocycles. The summed E-state index contributed by atoms with van der Waals surface area (Å²) in [7, 11) is 0. The number of ether oxygens (including phenoxy) is 11. The molecule has 0 atom stereocenters. The van der Waals surface area contributed by atoms with Crippen molar-refractivity contribution in [3.8, 4) is 5.75 Å². The van der Waals surface area contributed by atoms with Crippen molar-refractivity contribution in [1.29, 1.82) is 0 Å². The molecule has 51 heavy (non-hydrogen) atoms. The summed E-state index contributed by atoms with van der Waals surface area (Å²) in [6.07, 6.45) is -0.969. The summed E-state index contributed by atoms with van der Waals surface area (Å²) >= 11 is 0. The molecule has 0 spiro atoms. The summed E-state index contributed by atoms with van der Waals surface area (Å²) in [5, 5.41) is 2.60. The third-order valence-electron chi connectivity index (χ3n) is 5.73. The Labute approximate surface area is 294 Å². The summed E-state index contributed by atoms with van der Waals surface area (Å²) in [5.41, 5.74) is -0.536. The molecular weight excluding hydrogens is 701 g/mol. The Kier molecular flexibility index (Phi) is 26.1. The van der Waals surface area contributed by atoms with Crippen LogP contribution in [0.3, 0.4) is 0 Å². The predicted octanol–water partition coefficient (Wildman–Crippen LogP) is 3.35. The molecule has 1 rings (SSSR count). The van der Waals surface area contributed by atoms with E-state index >= 15 is 0 Å². The summed E-state index contributed by atoms with van der Waals surface area (Å²) in [4.78, 5) is 23.1. The van der Waals surface area contributed by atoms with Crippen LogP contribution in [0, 0.1) is 29.1 Å². The van der Waals surface area contributed by atoms with E-state index < -0.39 is 58.9 Å². The minimum absolute atomic E-state index is 0.0752. The molecular formula is C32H50F5NO13. The maximum absolute atomic E-state index is 13.5. The number of alkyl carbamates (subject to hydrolysis) is 1. The number of hydrogen-bond acceptors (Lipinski definition) is 13. The first kappa shape index (κ1) is 46.3. The second-order valence-electron chi connectivity index (χ2n) is 11.1. The zero-order chi connectivity index (χ0) is 37.7. The number of amides is 1. The Morgan fingerprint density at radius 3 is 1.10 bits per heavy atom. The molecule has 0 aliphatic rings. The second kappa shape index (κ2) is 28.8. The molecule has 0 aliphatic heterocycles. The lowest BCUT2D eigenvalue weighted by Crippen LogP contribution is -2.34. The van der Waals surface area contributed by atoms with E-state index in [1.54, 1.807) is 20.8 Å². The number of halogens is 5. The van der Waals surface area contributed by atoms with Crippen LogP contribution in [0.4, 0.5) is 26.7 Å². The molecule has 14 nitrogen and oxygen atoms in total. The summed E-state index contributed by atoms with van der Waals surface area (Å²) < 4.78 is 124. The molecule has 0 heterocycles. The largest absolute Gasteiger partial charge is 0.444 e. The van der Waals surface area contributed by atoms with Gasteiger partial charge in [-0.1, -0.05) is 0 Å². The number of carbonyl (C=O) groups excluding carboxylic acids is 2. The fourth-order valence-corrected chi connectivity index (χ4v) is 3.40. The van der Waals surface area contributed by atoms with Crippen LogP contribution in [-0.2, 0) is 52.2 Å². The Morgan fingerprint density at radius 1 is 0.471 bits per heavy atom.